The molecule has 2 N–H and O–H groups in total. The van der Waals surface area contributed by atoms with Crippen LogP contribution in [0.5, 0.6) is 0 Å². The second-order valence-electron chi connectivity index (χ2n) is 5.33. The Hall–Kier alpha value is -2.68. The number of rotatable bonds is 5. The average Bonchev–Trinajstić information content (AvgIpc) is 2.58. The maximum atomic E-state index is 12.2. The number of carbonyl (C=O) groups is 1. The molecule has 7 heteroatoms. The lowest BCUT2D eigenvalue weighted by Gasteiger charge is -2.12. The van der Waals surface area contributed by atoms with Gasteiger partial charge in [-0.3, -0.25) is 4.79 Å². The highest BCUT2D eigenvalue weighted by Gasteiger charge is 2.11. The van der Waals surface area contributed by atoms with Crippen LogP contribution in [0.3, 0.4) is 0 Å². The average molecular weight is 375 g/mol. The van der Waals surface area contributed by atoms with Crippen LogP contribution in [0.15, 0.2) is 54.2 Å². The van der Waals surface area contributed by atoms with Crippen LogP contribution in [0, 0.1) is 11.3 Å². The van der Waals surface area contributed by atoms with Crippen LogP contribution in [0.25, 0.3) is 0 Å². The minimum absolute atomic E-state index is 0.0808. The second-order valence-corrected chi connectivity index (χ2v) is 6.18. The standard InChI is InChI=1S/C18H16Cl2N4O/c1-24(2)15-6-4-14(5-7-15)22-11-12(10-21)18(25)23-17-8-3-13(19)9-16(17)20/h3-9,11,22H,1-2H3,(H,23,25)/b12-11-. The van der Waals surface area contributed by atoms with E-state index in [0.29, 0.717) is 15.7 Å². The fourth-order valence-electron chi connectivity index (χ4n) is 1.94. The molecular weight excluding hydrogens is 359 g/mol. The molecule has 2 rings (SSSR count). The number of benzene rings is 2. The minimum Gasteiger partial charge on any atom is -0.378 e. The van der Waals surface area contributed by atoms with E-state index >= 15 is 0 Å². The van der Waals surface area contributed by atoms with Gasteiger partial charge in [0.1, 0.15) is 11.6 Å². The Kier molecular flexibility index (Phi) is 6.29. The third-order valence-electron chi connectivity index (χ3n) is 3.31. The van der Waals surface area contributed by atoms with Gasteiger partial charge in [0.25, 0.3) is 5.91 Å². The molecule has 0 spiro atoms. The van der Waals surface area contributed by atoms with Crippen LogP contribution >= 0.6 is 23.2 Å². The summed E-state index contributed by atoms with van der Waals surface area (Å²) in [6, 6.07) is 14.1. The van der Waals surface area contributed by atoms with E-state index in [1.54, 1.807) is 12.1 Å². The summed E-state index contributed by atoms with van der Waals surface area (Å²) in [4.78, 5) is 14.2. The second kappa shape index (κ2) is 8.43. The fraction of sp³-hybridized carbons (Fsp3) is 0.111. The first-order chi connectivity index (χ1) is 11.9. The molecular formula is C18H16Cl2N4O. The molecule has 0 saturated heterocycles. The number of nitrogens with one attached hydrogen (secondary N) is 2. The van der Waals surface area contributed by atoms with Crippen LogP contribution in [0.2, 0.25) is 10.0 Å². The molecule has 5 nitrogen and oxygen atoms in total. The van der Waals surface area contributed by atoms with Crippen molar-refractivity contribution in [3.63, 3.8) is 0 Å². The van der Waals surface area contributed by atoms with E-state index in [0.717, 1.165) is 11.4 Å². The molecule has 0 aliphatic carbocycles. The minimum atomic E-state index is -0.566. The number of hydrogen-bond acceptors (Lipinski definition) is 4. The topological polar surface area (TPSA) is 68.2 Å². The van der Waals surface area contributed by atoms with Gasteiger partial charge in [-0.05, 0) is 42.5 Å². The van der Waals surface area contributed by atoms with Crippen molar-refractivity contribution in [2.24, 2.45) is 0 Å². The number of halogens is 2. The van der Waals surface area contributed by atoms with Gasteiger partial charge in [0.15, 0.2) is 0 Å². The third kappa shape index (κ3) is 5.15. The zero-order chi connectivity index (χ0) is 18.4. The zero-order valence-electron chi connectivity index (χ0n) is 13.7. The van der Waals surface area contributed by atoms with Crippen molar-refractivity contribution in [3.8, 4) is 6.07 Å². The van der Waals surface area contributed by atoms with Gasteiger partial charge in [0.05, 0.1) is 10.7 Å². The molecule has 25 heavy (non-hydrogen) atoms. The van der Waals surface area contributed by atoms with Crippen molar-refractivity contribution in [3.05, 3.63) is 64.3 Å². The SMILES string of the molecule is CN(C)c1ccc(N/C=C(/C#N)C(=O)Nc2ccc(Cl)cc2Cl)cc1. The first-order valence-corrected chi connectivity index (χ1v) is 8.07. The molecule has 0 unspecified atom stereocenters. The van der Waals surface area contributed by atoms with Crippen LogP contribution in [0.4, 0.5) is 17.1 Å². The first kappa shape index (κ1) is 18.7. The van der Waals surface area contributed by atoms with E-state index < -0.39 is 5.91 Å². The zero-order valence-corrected chi connectivity index (χ0v) is 15.2. The van der Waals surface area contributed by atoms with Crippen molar-refractivity contribution in [1.82, 2.24) is 0 Å². The summed E-state index contributed by atoms with van der Waals surface area (Å²) in [6.07, 6.45) is 1.35. The van der Waals surface area contributed by atoms with Crippen molar-refractivity contribution in [2.75, 3.05) is 29.6 Å². The van der Waals surface area contributed by atoms with Crippen LogP contribution < -0.4 is 15.5 Å². The molecule has 0 aliphatic rings. The van der Waals surface area contributed by atoms with Gasteiger partial charge in [-0.2, -0.15) is 5.26 Å². The third-order valence-corrected chi connectivity index (χ3v) is 3.86. The quantitative estimate of drug-likeness (QED) is 0.596. The molecule has 1 amide bonds. The van der Waals surface area contributed by atoms with E-state index in [1.165, 1.54) is 12.3 Å². The molecule has 0 radical (unpaired) electrons. The monoisotopic (exact) mass is 374 g/mol. The summed E-state index contributed by atoms with van der Waals surface area (Å²) >= 11 is 11.8. The van der Waals surface area contributed by atoms with Crippen molar-refractivity contribution in [2.45, 2.75) is 0 Å². The summed E-state index contributed by atoms with van der Waals surface area (Å²) in [5.41, 5.74) is 2.11. The normalized spacial score (nSPS) is 10.8. The van der Waals surface area contributed by atoms with E-state index in [4.69, 9.17) is 23.2 Å². The molecule has 128 valence electrons. The Morgan fingerprint density at radius 2 is 1.84 bits per heavy atom. The van der Waals surface area contributed by atoms with Gasteiger partial charge < -0.3 is 15.5 Å². The van der Waals surface area contributed by atoms with Crippen molar-refractivity contribution < 1.29 is 4.79 Å². The summed E-state index contributed by atoms with van der Waals surface area (Å²) in [7, 11) is 3.89. The van der Waals surface area contributed by atoms with Crippen LogP contribution in [-0.4, -0.2) is 20.0 Å². The number of anilines is 3. The molecule has 0 heterocycles. The maximum Gasteiger partial charge on any atom is 0.267 e. The van der Waals surface area contributed by atoms with E-state index in [1.807, 2.05) is 49.3 Å². The summed E-state index contributed by atoms with van der Waals surface area (Å²) in [6.45, 7) is 0. The van der Waals surface area contributed by atoms with Gasteiger partial charge in [0, 0.05) is 36.7 Å². The lowest BCUT2D eigenvalue weighted by Crippen LogP contribution is -2.14. The predicted octanol–water partition coefficient (Wildman–Crippen LogP) is 4.52. The lowest BCUT2D eigenvalue weighted by atomic mass is 10.2. The van der Waals surface area contributed by atoms with Gasteiger partial charge in [0.2, 0.25) is 0 Å². The van der Waals surface area contributed by atoms with Gasteiger partial charge in [-0.1, -0.05) is 23.2 Å². The summed E-state index contributed by atoms with van der Waals surface area (Å²) in [5, 5.41) is 15.5. The molecule has 0 fully saturated rings. The Morgan fingerprint density at radius 3 is 2.40 bits per heavy atom. The molecule has 2 aromatic rings. The Balaban J connectivity index is 2.08. The first-order valence-electron chi connectivity index (χ1n) is 7.31. The molecule has 0 bridgehead atoms. The number of nitrogens with zero attached hydrogens (tertiary/aromatic N) is 2. The smallest absolute Gasteiger partial charge is 0.267 e. The molecule has 2 aromatic carbocycles. The predicted molar refractivity (Wildman–Crippen MR) is 103 cm³/mol. The van der Waals surface area contributed by atoms with Crippen LogP contribution in [0.1, 0.15) is 0 Å². The van der Waals surface area contributed by atoms with E-state index in [2.05, 4.69) is 10.6 Å². The highest BCUT2D eigenvalue weighted by molar-refractivity contribution is 6.36. The Morgan fingerprint density at radius 1 is 1.16 bits per heavy atom. The Bertz CT molecular complexity index is 839. The van der Waals surface area contributed by atoms with Crippen LogP contribution in [-0.2, 0) is 4.79 Å². The lowest BCUT2D eigenvalue weighted by molar-refractivity contribution is -0.112. The summed E-state index contributed by atoms with van der Waals surface area (Å²) < 4.78 is 0. The molecule has 0 saturated carbocycles. The number of hydrogen-bond donors (Lipinski definition) is 2. The number of amides is 1. The van der Waals surface area contributed by atoms with Crippen molar-refractivity contribution in [1.29, 1.82) is 5.26 Å². The molecule has 0 atom stereocenters. The molecule has 0 aliphatic heterocycles. The van der Waals surface area contributed by atoms with Crippen molar-refractivity contribution >= 4 is 46.2 Å². The van der Waals surface area contributed by atoms with Gasteiger partial charge in [-0.15, -0.1) is 0 Å². The van der Waals surface area contributed by atoms with Gasteiger partial charge >= 0.3 is 0 Å². The van der Waals surface area contributed by atoms with E-state index in [9.17, 15) is 10.1 Å². The van der Waals surface area contributed by atoms with Gasteiger partial charge in [-0.25, -0.2) is 0 Å². The largest absolute Gasteiger partial charge is 0.378 e. The highest BCUT2D eigenvalue weighted by Crippen LogP contribution is 2.25. The van der Waals surface area contributed by atoms with E-state index in [-0.39, 0.29) is 5.57 Å². The number of nitriles is 1. The maximum absolute atomic E-state index is 12.2. The fourth-order valence-corrected chi connectivity index (χ4v) is 2.40. The Labute approximate surface area is 156 Å². The molecule has 0 aromatic heterocycles. The summed E-state index contributed by atoms with van der Waals surface area (Å²) in [5.74, 6) is -0.566. The number of carbonyl (C=O) groups excluding carboxylic acids is 1. The highest BCUT2D eigenvalue weighted by atomic mass is 35.5.